The van der Waals surface area contributed by atoms with Crippen LogP contribution in [-0.2, 0) is 7.05 Å². The van der Waals surface area contributed by atoms with Crippen LogP contribution in [0.2, 0.25) is 0 Å². The number of benzene rings is 1. The molecule has 144 valence electrons. The van der Waals surface area contributed by atoms with Crippen molar-refractivity contribution in [2.45, 2.75) is 18.8 Å². The van der Waals surface area contributed by atoms with E-state index in [1.807, 2.05) is 47.1 Å². The summed E-state index contributed by atoms with van der Waals surface area (Å²) in [4.78, 5) is 14.9. The van der Waals surface area contributed by atoms with Crippen LogP contribution in [-0.4, -0.2) is 50.7 Å². The second-order valence-electron chi connectivity index (χ2n) is 7.24. The summed E-state index contributed by atoms with van der Waals surface area (Å²) in [5.41, 5.74) is 3.13. The Labute approximate surface area is 162 Å². The van der Waals surface area contributed by atoms with E-state index in [0.717, 1.165) is 36.4 Å². The van der Waals surface area contributed by atoms with E-state index >= 15 is 0 Å². The van der Waals surface area contributed by atoms with Crippen LogP contribution in [0.15, 0.2) is 36.5 Å². The maximum atomic E-state index is 13.0. The highest BCUT2D eigenvalue weighted by Gasteiger charge is 2.28. The maximum Gasteiger partial charge on any atom is 0.271 e. The number of nitrogens with one attached hydrogen (secondary N) is 1. The number of rotatable bonds is 3. The van der Waals surface area contributed by atoms with Gasteiger partial charge in [-0.05, 0) is 43.2 Å². The number of carbonyl (C=O) groups excluding carboxylic acids is 1. The predicted molar refractivity (Wildman–Crippen MR) is 101 cm³/mol. The van der Waals surface area contributed by atoms with Crippen LogP contribution >= 0.6 is 0 Å². The normalized spacial score (nSPS) is 18.5. The molecule has 5 rings (SSSR count). The third-order valence-corrected chi connectivity index (χ3v) is 5.34. The molecule has 2 aliphatic rings. The molecule has 8 nitrogen and oxygen atoms in total. The fraction of sp³-hybridized carbons (Fsp3) is 0.350. The lowest BCUT2D eigenvalue weighted by Crippen LogP contribution is -2.39. The molecule has 0 bridgehead atoms. The van der Waals surface area contributed by atoms with Gasteiger partial charge in [-0.3, -0.25) is 14.6 Å². The molecule has 4 heterocycles. The number of aryl methyl sites for hydroxylation is 1. The number of carbonyl (C=O) groups is 1. The summed E-state index contributed by atoms with van der Waals surface area (Å²) in [6.07, 6.45) is 3.96. The first kappa shape index (κ1) is 16.9. The van der Waals surface area contributed by atoms with Crippen molar-refractivity contribution in [3.05, 3.63) is 47.9 Å². The zero-order valence-electron chi connectivity index (χ0n) is 15.6. The average molecular weight is 379 g/mol. The van der Waals surface area contributed by atoms with Crippen molar-refractivity contribution in [1.82, 2.24) is 24.9 Å². The molecule has 0 unspecified atom stereocenters. The van der Waals surface area contributed by atoms with Gasteiger partial charge in [0, 0.05) is 37.8 Å². The summed E-state index contributed by atoms with van der Waals surface area (Å²) in [5, 5.41) is 11.7. The van der Waals surface area contributed by atoms with E-state index in [9.17, 15) is 4.79 Å². The standard InChI is InChI=1S/C20H21N5O3/c1-24-8-6-15(23-24)14-3-2-7-25(11-14)20(26)17-10-16(21-22-17)13-4-5-18-19(9-13)28-12-27-18/h4-6,8-10,14H,2-3,7,11-12H2,1H3,(H,21,22)/t14-/m0/s1. The number of fused-ring (bicyclic) bond motifs is 1. The Balaban J connectivity index is 1.33. The van der Waals surface area contributed by atoms with Crippen molar-refractivity contribution in [1.29, 1.82) is 0 Å². The highest BCUT2D eigenvalue weighted by atomic mass is 16.7. The molecule has 1 fully saturated rings. The first-order valence-corrected chi connectivity index (χ1v) is 9.41. The Morgan fingerprint density at radius 3 is 2.96 bits per heavy atom. The van der Waals surface area contributed by atoms with Crippen molar-refractivity contribution in [2.75, 3.05) is 19.9 Å². The molecular formula is C20H21N5O3. The fourth-order valence-corrected chi connectivity index (χ4v) is 3.86. The molecule has 1 aromatic carbocycles. The number of nitrogens with zero attached hydrogens (tertiary/aromatic N) is 4. The molecule has 28 heavy (non-hydrogen) atoms. The van der Waals surface area contributed by atoms with Gasteiger partial charge in [-0.15, -0.1) is 0 Å². The zero-order valence-corrected chi connectivity index (χ0v) is 15.6. The molecule has 1 N–H and O–H groups in total. The third-order valence-electron chi connectivity index (χ3n) is 5.34. The Morgan fingerprint density at radius 1 is 1.21 bits per heavy atom. The molecule has 1 amide bonds. The van der Waals surface area contributed by atoms with E-state index in [-0.39, 0.29) is 18.6 Å². The van der Waals surface area contributed by atoms with Crippen molar-refractivity contribution in [3.8, 4) is 22.8 Å². The van der Waals surface area contributed by atoms with Gasteiger partial charge >= 0.3 is 0 Å². The molecule has 3 aromatic rings. The molecular weight excluding hydrogens is 358 g/mol. The molecule has 0 saturated carbocycles. The van der Waals surface area contributed by atoms with Gasteiger partial charge in [0.2, 0.25) is 6.79 Å². The van der Waals surface area contributed by atoms with Crippen LogP contribution in [0, 0.1) is 0 Å². The topological polar surface area (TPSA) is 85.3 Å². The number of hydrogen-bond acceptors (Lipinski definition) is 5. The predicted octanol–water partition coefficient (Wildman–Crippen LogP) is 2.56. The number of hydrogen-bond donors (Lipinski definition) is 1. The van der Waals surface area contributed by atoms with Gasteiger partial charge in [0.1, 0.15) is 5.69 Å². The SMILES string of the molecule is Cn1ccc([C@H]2CCCN(C(=O)c3cc(-c4ccc5c(c4)OCO5)n[nH]3)C2)n1. The van der Waals surface area contributed by atoms with E-state index in [0.29, 0.717) is 23.7 Å². The highest BCUT2D eigenvalue weighted by Crippen LogP contribution is 2.35. The lowest BCUT2D eigenvalue weighted by Gasteiger charge is -2.31. The maximum absolute atomic E-state index is 13.0. The molecule has 0 radical (unpaired) electrons. The van der Waals surface area contributed by atoms with Gasteiger partial charge in [0.05, 0.1) is 11.4 Å². The molecule has 2 aliphatic heterocycles. The van der Waals surface area contributed by atoms with Crippen LogP contribution in [0.5, 0.6) is 11.5 Å². The van der Waals surface area contributed by atoms with Crippen LogP contribution in [0.3, 0.4) is 0 Å². The van der Waals surface area contributed by atoms with Crippen LogP contribution in [0.25, 0.3) is 11.3 Å². The second-order valence-corrected chi connectivity index (χ2v) is 7.24. The summed E-state index contributed by atoms with van der Waals surface area (Å²) in [6.45, 7) is 1.66. The molecule has 1 atom stereocenters. The van der Waals surface area contributed by atoms with E-state index in [4.69, 9.17) is 9.47 Å². The lowest BCUT2D eigenvalue weighted by molar-refractivity contribution is 0.0699. The van der Waals surface area contributed by atoms with Crippen LogP contribution < -0.4 is 9.47 Å². The van der Waals surface area contributed by atoms with Crippen molar-refractivity contribution < 1.29 is 14.3 Å². The number of aromatic nitrogens is 4. The van der Waals surface area contributed by atoms with Crippen molar-refractivity contribution in [2.24, 2.45) is 7.05 Å². The Kier molecular flexibility index (Phi) is 4.03. The summed E-state index contributed by atoms with van der Waals surface area (Å²) in [5.74, 6) is 1.67. The number of aromatic amines is 1. The van der Waals surface area contributed by atoms with Gasteiger partial charge in [0.15, 0.2) is 11.5 Å². The summed E-state index contributed by atoms with van der Waals surface area (Å²) < 4.78 is 12.6. The van der Waals surface area contributed by atoms with Gasteiger partial charge in [-0.2, -0.15) is 10.2 Å². The van der Waals surface area contributed by atoms with Gasteiger partial charge in [-0.25, -0.2) is 0 Å². The minimum atomic E-state index is -0.0277. The summed E-state index contributed by atoms with van der Waals surface area (Å²) in [6, 6.07) is 9.48. The van der Waals surface area contributed by atoms with E-state index in [1.165, 1.54) is 0 Å². The zero-order chi connectivity index (χ0) is 19.1. The number of H-pyrrole nitrogens is 1. The minimum Gasteiger partial charge on any atom is -0.454 e. The fourth-order valence-electron chi connectivity index (χ4n) is 3.86. The Bertz CT molecular complexity index is 1020. The second kappa shape index (κ2) is 6.70. The number of likely N-dealkylation sites (tertiary alicyclic amines) is 1. The Morgan fingerprint density at radius 2 is 2.11 bits per heavy atom. The monoisotopic (exact) mass is 379 g/mol. The minimum absolute atomic E-state index is 0.0277. The largest absolute Gasteiger partial charge is 0.454 e. The summed E-state index contributed by atoms with van der Waals surface area (Å²) in [7, 11) is 1.91. The molecule has 2 aromatic heterocycles. The van der Waals surface area contributed by atoms with Gasteiger partial charge in [0.25, 0.3) is 5.91 Å². The van der Waals surface area contributed by atoms with Crippen LogP contribution in [0.1, 0.15) is 34.9 Å². The quantitative estimate of drug-likeness (QED) is 0.756. The molecule has 1 saturated heterocycles. The Hall–Kier alpha value is -3.29. The van der Waals surface area contributed by atoms with Crippen molar-refractivity contribution in [3.63, 3.8) is 0 Å². The lowest BCUT2D eigenvalue weighted by atomic mass is 9.95. The van der Waals surface area contributed by atoms with Gasteiger partial charge in [-0.1, -0.05) is 0 Å². The first-order chi connectivity index (χ1) is 13.7. The molecule has 8 heteroatoms. The first-order valence-electron chi connectivity index (χ1n) is 9.41. The smallest absolute Gasteiger partial charge is 0.271 e. The van der Waals surface area contributed by atoms with Crippen molar-refractivity contribution >= 4 is 5.91 Å². The van der Waals surface area contributed by atoms with Crippen LogP contribution in [0.4, 0.5) is 0 Å². The third kappa shape index (κ3) is 3.00. The average Bonchev–Trinajstić information content (AvgIpc) is 3.47. The van der Waals surface area contributed by atoms with E-state index < -0.39 is 0 Å². The van der Waals surface area contributed by atoms with E-state index in [1.54, 1.807) is 6.07 Å². The molecule has 0 aliphatic carbocycles. The van der Waals surface area contributed by atoms with E-state index in [2.05, 4.69) is 15.3 Å². The molecule has 0 spiro atoms. The highest BCUT2D eigenvalue weighted by molar-refractivity contribution is 5.93. The van der Waals surface area contributed by atoms with Gasteiger partial charge < -0.3 is 14.4 Å². The summed E-state index contributed by atoms with van der Waals surface area (Å²) >= 11 is 0. The number of amides is 1. The number of ether oxygens (including phenoxy) is 2. The number of piperidine rings is 1.